The molecule has 0 saturated heterocycles. The van der Waals surface area contributed by atoms with Gasteiger partial charge in [-0.05, 0) is 6.92 Å². The molecule has 0 spiro atoms. The predicted octanol–water partition coefficient (Wildman–Crippen LogP) is 1.10. The summed E-state index contributed by atoms with van der Waals surface area (Å²) >= 11 is 1.56. The Kier molecular flexibility index (Phi) is 3.85. The largest absolute Gasteiger partial charge is 0.481 e. The van der Waals surface area contributed by atoms with Gasteiger partial charge in [0.05, 0.1) is 11.9 Å². The summed E-state index contributed by atoms with van der Waals surface area (Å²) in [6, 6.07) is -0.000370. The highest BCUT2D eigenvalue weighted by atomic mass is 32.1. The van der Waals surface area contributed by atoms with E-state index >= 15 is 0 Å². The molecule has 0 amide bonds. The standard InChI is InChI=1S/C8H12N2O2S/c1-6(2-8(11)12)10-4-7-3-9-5-13-7/h3,5-6,10H,2,4H2,1H3,(H,11,12). The van der Waals surface area contributed by atoms with Crippen molar-refractivity contribution in [3.63, 3.8) is 0 Å². The molecule has 0 saturated carbocycles. The molecular formula is C8H12N2O2S. The normalized spacial score (nSPS) is 12.7. The van der Waals surface area contributed by atoms with Crippen molar-refractivity contribution in [2.45, 2.75) is 25.9 Å². The van der Waals surface area contributed by atoms with Gasteiger partial charge in [0.25, 0.3) is 0 Å². The van der Waals surface area contributed by atoms with Crippen molar-refractivity contribution in [3.8, 4) is 0 Å². The minimum atomic E-state index is -0.774. The second-order valence-electron chi connectivity index (χ2n) is 2.85. The Balaban J connectivity index is 2.22. The molecule has 0 radical (unpaired) electrons. The number of carboxylic acids is 1. The van der Waals surface area contributed by atoms with Gasteiger partial charge in [-0.25, -0.2) is 0 Å². The minimum absolute atomic E-state index is 0.000370. The number of nitrogens with zero attached hydrogens (tertiary/aromatic N) is 1. The molecule has 72 valence electrons. The molecular weight excluding hydrogens is 188 g/mol. The first-order valence-corrected chi connectivity index (χ1v) is 4.89. The quantitative estimate of drug-likeness (QED) is 0.747. The van der Waals surface area contributed by atoms with Crippen LogP contribution in [0.4, 0.5) is 0 Å². The van der Waals surface area contributed by atoms with E-state index in [0.29, 0.717) is 6.54 Å². The lowest BCUT2D eigenvalue weighted by Crippen LogP contribution is -2.27. The van der Waals surface area contributed by atoms with Crippen LogP contribution < -0.4 is 5.32 Å². The fourth-order valence-corrected chi connectivity index (χ4v) is 1.48. The zero-order valence-corrected chi connectivity index (χ0v) is 8.17. The molecule has 0 aliphatic heterocycles. The van der Waals surface area contributed by atoms with Gasteiger partial charge >= 0.3 is 5.97 Å². The van der Waals surface area contributed by atoms with Crippen molar-refractivity contribution in [3.05, 3.63) is 16.6 Å². The zero-order valence-electron chi connectivity index (χ0n) is 7.36. The average Bonchev–Trinajstić information content (AvgIpc) is 2.51. The van der Waals surface area contributed by atoms with E-state index in [1.54, 1.807) is 23.0 Å². The SMILES string of the molecule is CC(CC(=O)O)NCc1cncs1. The highest BCUT2D eigenvalue weighted by Gasteiger charge is 2.06. The Morgan fingerprint density at radius 3 is 3.15 bits per heavy atom. The Hall–Kier alpha value is -0.940. The summed E-state index contributed by atoms with van der Waals surface area (Å²) in [5.41, 5.74) is 1.76. The van der Waals surface area contributed by atoms with E-state index < -0.39 is 5.97 Å². The van der Waals surface area contributed by atoms with Crippen LogP contribution in [0.5, 0.6) is 0 Å². The number of hydrogen-bond donors (Lipinski definition) is 2. The van der Waals surface area contributed by atoms with E-state index in [2.05, 4.69) is 10.3 Å². The molecule has 1 unspecified atom stereocenters. The lowest BCUT2D eigenvalue weighted by molar-refractivity contribution is -0.137. The maximum Gasteiger partial charge on any atom is 0.304 e. The van der Waals surface area contributed by atoms with Crippen molar-refractivity contribution in [2.75, 3.05) is 0 Å². The van der Waals surface area contributed by atoms with Gasteiger partial charge in [0.1, 0.15) is 0 Å². The van der Waals surface area contributed by atoms with Crippen molar-refractivity contribution in [2.24, 2.45) is 0 Å². The van der Waals surface area contributed by atoms with Crippen molar-refractivity contribution < 1.29 is 9.90 Å². The van der Waals surface area contributed by atoms with Gasteiger partial charge < -0.3 is 10.4 Å². The average molecular weight is 200 g/mol. The second-order valence-corrected chi connectivity index (χ2v) is 3.82. The van der Waals surface area contributed by atoms with Gasteiger partial charge in [0.2, 0.25) is 0 Å². The van der Waals surface area contributed by atoms with Crippen LogP contribution in [0.2, 0.25) is 0 Å². The molecule has 0 aliphatic rings. The summed E-state index contributed by atoms with van der Waals surface area (Å²) in [5.74, 6) is -0.774. The highest BCUT2D eigenvalue weighted by molar-refractivity contribution is 7.09. The van der Waals surface area contributed by atoms with Crippen LogP contribution in [0, 0.1) is 0 Å². The molecule has 1 aromatic heterocycles. The summed E-state index contributed by atoms with van der Waals surface area (Å²) in [6.45, 7) is 2.55. The number of thiazole rings is 1. The van der Waals surface area contributed by atoms with Gasteiger partial charge in [0.15, 0.2) is 0 Å². The van der Waals surface area contributed by atoms with Crippen LogP contribution in [0.15, 0.2) is 11.7 Å². The smallest absolute Gasteiger partial charge is 0.304 e. The van der Waals surface area contributed by atoms with Gasteiger partial charge in [-0.2, -0.15) is 0 Å². The van der Waals surface area contributed by atoms with Crippen LogP contribution in [0.3, 0.4) is 0 Å². The predicted molar refractivity (Wildman–Crippen MR) is 50.7 cm³/mol. The number of nitrogens with one attached hydrogen (secondary N) is 1. The number of hydrogen-bond acceptors (Lipinski definition) is 4. The monoisotopic (exact) mass is 200 g/mol. The summed E-state index contributed by atoms with van der Waals surface area (Å²) in [7, 11) is 0. The third kappa shape index (κ3) is 4.00. The first-order chi connectivity index (χ1) is 6.18. The number of aliphatic carboxylic acids is 1. The number of aromatic nitrogens is 1. The van der Waals surface area contributed by atoms with Crippen LogP contribution in [0.25, 0.3) is 0 Å². The Bertz CT molecular complexity index is 261. The van der Waals surface area contributed by atoms with Gasteiger partial charge in [0, 0.05) is 23.7 Å². The highest BCUT2D eigenvalue weighted by Crippen LogP contribution is 2.05. The number of rotatable bonds is 5. The maximum atomic E-state index is 10.3. The topological polar surface area (TPSA) is 62.2 Å². The van der Waals surface area contributed by atoms with E-state index in [1.807, 2.05) is 6.92 Å². The van der Waals surface area contributed by atoms with Crippen molar-refractivity contribution >= 4 is 17.3 Å². The molecule has 5 heteroatoms. The summed E-state index contributed by atoms with van der Waals surface area (Å²) in [5, 5.41) is 11.6. The first kappa shape index (κ1) is 10.1. The fraction of sp³-hybridized carbons (Fsp3) is 0.500. The van der Waals surface area contributed by atoms with E-state index in [1.165, 1.54) is 0 Å². The molecule has 4 nitrogen and oxygen atoms in total. The number of carbonyl (C=O) groups is 1. The Morgan fingerprint density at radius 2 is 2.62 bits per heavy atom. The van der Waals surface area contributed by atoms with E-state index in [9.17, 15) is 4.79 Å². The van der Waals surface area contributed by atoms with E-state index in [4.69, 9.17) is 5.11 Å². The van der Waals surface area contributed by atoms with E-state index in [-0.39, 0.29) is 12.5 Å². The molecule has 1 aromatic rings. The molecule has 0 aromatic carbocycles. The summed E-state index contributed by atoms with van der Waals surface area (Å²) < 4.78 is 0. The lowest BCUT2D eigenvalue weighted by atomic mass is 10.2. The van der Waals surface area contributed by atoms with Crippen molar-refractivity contribution in [1.29, 1.82) is 0 Å². The van der Waals surface area contributed by atoms with Crippen LogP contribution in [-0.2, 0) is 11.3 Å². The third-order valence-electron chi connectivity index (χ3n) is 1.59. The Labute approximate surface area is 80.6 Å². The van der Waals surface area contributed by atoms with E-state index in [0.717, 1.165) is 4.88 Å². The lowest BCUT2D eigenvalue weighted by Gasteiger charge is -2.09. The summed E-state index contributed by atoms with van der Waals surface area (Å²) in [4.78, 5) is 15.4. The molecule has 13 heavy (non-hydrogen) atoms. The van der Waals surface area contributed by atoms with Gasteiger partial charge in [-0.3, -0.25) is 9.78 Å². The molecule has 0 fully saturated rings. The molecule has 1 heterocycles. The summed E-state index contributed by atoms with van der Waals surface area (Å²) in [6.07, 6.45) is 1.93. The van der Waals surface area contributed by atoms with Crippen molar-refractivity contribution in [1.82, 2.24) is 10.3 Å². The molecule has 0 bridgehead atoms. The Morgan fingerprint density at radius 1 is 1.85 bits per heavy atom. The third-order valence-corrected chi connectivity index (χ3v) is 2.37. The minimum Gasteiger partial charge on any atom is -0.481 e. The van der Waals surface area contributed by atoms with Crippen LogP contribution >= 0.6 is 11.3 Å². The van der Waals surface area contributed by atoms with Crippen LogP contribution in [0.1, 0.15) is 18.2 Å². The van der Waals surface area contributed by atoms with Crippen LogP contribution in [-0.4, -0.2) is 22.1 Å². The van der Waals surface area contributed by atoms with Gasteiger partial charge in [-0.1, -0.05) is 0 Å². The fourth-order valence-electron chi connectivity index (χ4n) is 0.938. The number of carboxylic acid groups (broad SMARTS) is 1. The molecule has 1 rings (SSSR count). The maximum absolute atomic E-state index is 10.3. The zero-order chi connectivity index (χ0) is 9.68. The molecule has 1 atom stereocenters. The van der Waals surface area contributed by atoms with Gasteiger partial charge in [-0.15, -0.1) is 11.3 Å². The first-order valence-electron chi connectivity index (χ1n) is 4.01. The molecule has 0 aliphatic carbocycles. The second kappa shape index (κ2) is 4.94. The molecule has 2 N–H and O–H groups in total.